The molecule has 0 bridgehead atoms. The largest absolute Gasteiger partial charge is 0.310 e. The minimum atomic E-state index is -0.116. The normalized spacial score (nSPS) is 12.7. The molecular formula is C53H40N2. The van der Waals surface area contributed by atoms with E-state index in [4.69, 9.17) is 0 Å². The Balaban J connectivity index is 1.19. The lowest BCUT2D eigenvalue weighted by Crippen LogP contribution is -2.16. The van der Waals surface area contributed by atoms with Gasteiger partial charge in [-0.15, -0.1) is 0 Å². The second kappa shape index (κ2) is 13.2. The van der Waals surface area contributed by atoms with Crippen LogP contribution in [0.3, 0.4) is 0 Å². The SMILES string of the molecule is CC1(C)c2ccccc2-c2ccc(N(c3ccccc3)c3cc4ccccc4c4ccc(N(c5ccccc5)c5ccc(-c6ccccc6)cc5)cc34)cc21. The molecule has 0 unspecified atom stereocenters. The van der Waals surface area contributed by atoms with E-state index in [-0.39, 0.29) is 5.41 Å². The van der Waals surface area contributed by atoms with Crippen molar-refractivity contribution in [1.29, 1.82) is 0 Å². The highest BCUT2D eigenvalue weighted by atomic mass is 15.2. The molecule has 55 heavy (non-hydrogen) atoms. The number of para-hydroxylation sites is 2. The van der Waals surface area contributed by atoms with Gasteiger partial charge in [0.2, 0.25) is 0 Å². The average molecular weight is 705 g/mol. The van der Waals surface area contributed by atoms with Gasteiger partial charge in [-0.25, -0.2) is 0 Å². The third-order valence-corrected chi connectivity index (χ3v) is 11.4. The van der Waals surface area contributed by atoms with Gasteiger partial charge < -0.3 is 9.80 Å². The van der Waals surface area contributed by atoms with Gasteiger partial charge in [0.25, 0.3) is 0 Å². The average Bonchev–Trinajstić information content (AvgIpc) is 3.48. The van der Waals surface area contributed by atoms with Crippen LogP contribution in [0.2, 0.25) is 0 Å². The van der Waals surface area contributed by atoms with Gasteiger partial charge in [-0.1, -0.05) is 153 Å². The molecule has 0 fully saturated rings. The summed E-state index contributed by atoms with van der Waals surface area (Å²) < 4.78 is 0. The van der Waals surface area contributed by atoms with Gasteiger partial charge in [-0.05, 0) is 116 Å². The van der Waals surface area contributed by atoms with Crippen LogP contribution in [-0.2, 0) is 5.41 Å². The van der Waals surface area contributed by atoms with Crippen molar-refractivity contribution in [2.24, 2.45) is 0 Å². The third-order valence-electron chi connectivity index (χ3n) is 11.4. The first-order valence-corrected chi connectivity index (χ1v) is 19.1. The minimum absolute atomic E-state index is 0.116. The molecule has 9 aromatic carbocycles. The van der Waals surface area contributed by atoms with E-state index in [0.29, 0.717) is 0 Å². The Kier molecular flexibility index (Phi) is 7.85. The molecule has 1 aliphatic carbocycles. The fourth-order valence-corrected chi connectivity index (χ4v) is 8.69. The Bertz CT molecular complexity index is 2820. The highest BCUT2D eigenvalue weighted by molar-refractivity contribution is 6.15. The molecule has 0 spiro atoms. The van der Waals surface area contributed by atoms with E-state index in [1.807, 2.05) is 0 Å². The number of rotatable bonds is 7. The molecule has 0 saturated carbocycles. The van der Waals surface area contributed by atoms with Gasteiger partial charge in [0.15, 0.2) is 0 Å². The summed E-state index contributed by atoms with van der Waals surface area (Å²) >= 11 is 0. The lowest BCUT2D eigenvalue weighted by Gasteiger charge is -2.30. The van der Waals surface area contributed by atoms with Crippen LogP contribution in [0.4, 0.5) is 34.1 Å². The molecule has 0 amide bonds. The maximum absolute atomic E-state index is 2.46. The molecule has 0 saturated heterocycles. The van der Waals surface area contributed by atoms with Crippen LogP contribution in [-0.4, -0.2) is 0 Å². The Hall–Kier alpha value is -6.90. The fraction of sp³-hybridized carbons (Fsp3) is 0.0566. The molecule has 0 aromatic heterocycles. The van der Waals surface area contributed by atoms with Crippen molar-refractivity contribution < 1.29 is 0 Å². The van der Waals surface area contributed by atoms with Crippen molar-refractivity contribution in [3.63, 3.8) is 0 Å². The van der Waals surface area contributed by atoms with Crippen LogP contribution in [0.5, 0.6) is 0 Å². The van der Waals surface area contributed by atoms with Gasteiger partial charge in [0, 0.05) is 39.2 Å². The van der Waals surface area contributed by atoms with Gasteiger partial charge in [0.05, 0.1) is 5.69 Å². The quantitative estimate of drug-likeness (QED) is 0.152. The maximum atomic E-state index is 2.46. The zero-order chi connectivity index (χ0) is 36.9. The molecule has 10 rings (SSSR count). The fourth-order valence-electron chi connectivity index (χ4n) is 8.69. The lowest BCUT2D eigenvalue weighted by atomic mass is 9.82. The molecule has 0 radical (unpaired) electrons. The summed E-state index contributed by atoms with van der Waals surface area (Å²) in [7, 11) is 0. The van der Waals surface area contributed by atoms with Gasteiger partial charge >= 0.3 is 0 Å². The Labute approximate surface area is 323 Å². The summed E-state index contributed by atoms with van der Waals surface area (Å²) in [6, 6.07) is 75.1. The molecule has 2 heteroatoms. The second-order valence-corrected chi connectivity index (χ2v) is 15.0. The van der Waals surface area contributed by atoms with Crippen LogP contribution in [0, 0.1) is 0 Å². The predicted molar refractivity (Wildman–Crippen MR) is 234 cm³/mol. The monoisotopic (exact) mass is 704 g/mol. The molecular weight excluding hydrogens is 665 g/mol. The first-order valence-electron chi connectivity index (χ1n) is 19.1. The third kappa shape index (κ3) is 5.57. The number of nitrogens with zero attached hydrogens (tertiary/aromatic N) is 2. The summed E-state index contributed by atoms with van der Waals surface area (Å²) in [6.45, 7) is 4.72. The van der Waals surface area contributed by atoms with E-state index in [1.54, 1.807) is 0 Å². The first-order chi connectivity index (χ1) is 27.0. The molecule has 0 aliphatic heterocycles. The van der Waals surface area contributed by atoms with Gasteiger partial charge in [-0.2, -0.15) is 0 Å². The van der Waals surface area contributed by atoms with Crippen molar-refractivity contribution >= 4 is 55.7 Å². The highest BCUT2D eigenvalue weighted by Crippen LogP contribution is 2.51. The van der Waals surface area contributed by atoms with Crippen LogP contribution in [0.1, 0.15) is 25.0 Å². The Morgan fingerprint density at radius 1 is 0.327 bits per heavy atom. The standard InChI is InChI=1S/C53H40N2/c1-53(2)50-25-15-14-24-47(50)48-33-31-44(36-51(48)53)55(41-21-10-5-11-22-41)52-34-39-18-12-13-23-45(39)46-32-30-43(35-49(46)52)54(40-19-8-4-9-20-40)42-28-26-38(27-29-42)37-16-6-3-7-17-37/h3-36H,1-2H3. The Morgan fingerprint density at radius 3 is 1.60 bits per heavy atom. The number of anilines is 6. The number of hydrogen-bond donors (Lipinski definition) is 0. The molecule has 0 heterocycles. The summed E-state index contributed by atoms with van der Waals surface area (Å²) in [6.07, 6.45) is 0. The van der Waals surface area contributed by atoms with Gasteiger partial charge in [-0.3, -0.25) is 0 Å². The molecule has 0 atom stereocenters. The van der Waals surface area contributed by atoms with Crippen molar-refractivity contribution in [3.8, 4) is 22.3 Å². The van der Waals surface area contributed by atoms with Crippen LogP contribution < -0.4 is 9.80 Å². The Morgan fingerprint density at radius 2 is 0.855 bits per heavy atom. The van der Waals surface area contributed by atoms with E-state index in [9.17, 15) is 0 Å². The summed E-state index contributed by atoms with van der Waals surface area (Å²) in [4.78, 5) is 4.83. The molecule has 0 N–H and O–H groups in total. The summed E-state index contributed by atoms with van der Waals surface area (Å²) in [5.41, 5.74) is 14.4. The lowest BCUT2D eigenvalue weighted by molar-refractivity contribution is 0.660. The van der Waals surface area contributed by atoms with E-state index in [0.717, 1.165) is 34.1 Å². The molecule has 1 aliphatic rings. The molecule has 262 valence electrons. The van der Waals surface area contributed by atoms with E-state index in [2.05, 4.69) is 230 Å². The van der Waals surface area contributed by atoms with Crippen LogP contribution in [0.15, 0.2) is 206 Å². The van der Waals surface area contributed by atoms with Gasteiger partial charge in [0.1, 0.15) is 0 Å². The second-order valence-electron chi connectivity index (χ2n) is 15.0. The molecule has 2 nitrogen and oxygen atoms in total. The zero-order valence-corrected chi connectivity index (χ0v) is 31.0. The van der Waals surface area contributed by atoms with E-state index in [1.165, 1.54) is 54.9 Å². The maximum Gasteiger partial charge on any atom is 0.0547 e. The van der Waals surface area contributed by atoms with Crippen molar-refractivity contribution in [2.75, 3.05) is 9.80 Å². The minimum Gasteiger partial charge on any atom is -0.310 e. The van der Waals surface area contributed by atoms with Crippen molar-refractivity contribution in [2.45, 2.75) is 19.3 Å². The predicted octanol–water partition coefficient (Wildman–Crippen LogP) is 14.9. The van der Waals surface area contributed by atoms with Crippen molar-refractivity contribution in [3.05, 3.63) is 217 Å². The smallest absolute Gasteiger partial charge is 0.0547 e. The summed E-state index contributed by atoms with van der Waals surface area (Å²) in [5.74, 6) is 0. The molecule has 9 aromatic rings. The topological polar surface area (TPSA) is 6.48 Å². The highest BCUT2D eigenvalue weighted by Gasteiger charge is 2.36. The zero-order valence-electron chi connectivity index (χ0n) is 31.0. The number of fused-ring (bicyclic) bond motifs is 6. The van der Waals surface area contributed by atoms with E-state index >= 15 is 0 Å². The number of hydrogen-bond acceptors (Lipinski definition) is 2. The van der Waals surface area contributed by atoms with E-state index < -0.39 is 0 Å². The number of benzene rings is 9. The van der Waals surface area contributed by atoms with Crippen LogP contribution in [0.25, 0.3) is 43.8 Å². The first kappa shape index (κ1) is 32.7. The van der Waals surface area contributed by atoms with Crippen LogP contribution >= 0.6 is 0 Å². The van der Waals surface area contributed by atoms with Crippen molar-refractivity contribution in [1.82, 2.24) is 0 Å². The summed E-state index contributed by atoms with van der Waals surface area (Å²) in [5, 5.41) is 4.86.